The fourth-order valence-corrected chi connectivity index (χ4v) is 2.93. The summed E-state index contributed by atoms with van der Waals surface area (Å²) in [5.41, 5.74) is 0. The first-order chi connectivity index (χ1) is 11.7. The van der Waals surface area contributed by atoms with E-state index in [1.54, 1.807) is 0 Å². The highest BCUT2D eigenvalue weighted by atomic mass is 16.7. The fourth-order valence-electron chi connectivity index (χ4n) is 2.93. The molecule has 0 saturated carbocycles. The van der Waals surface area contributed by atoms with Crippen molar-refractivity contribution in [1.82, 2.24) is 0 Å². The zero-order valence-corrected chi connectivity index (χ0v) is 13.8. The molecule has 11 heteroatoms. The average Bonchev–Trinajstić information content (AvgIpc) is 2.60. The molecule has 0 bridgehead atoms. The summed E-state index contributed by atoms with van der Waals surface area (Å²) >= 11 is 0. The third-order valence-electron chi connectivity index (χ3n) is 4.50. The van der Waals surface area contributed by atoms with E-state index in [0.717, 1.165) is 0 Å². The Bertz CT molecular complexity index is 420. The summed E-state index contributed by atoms with van der Waals surface area (Å²) < 4.78 is 20.9. The Morgan fingerprint density at radius 3 is 1.92 bits per heavy atom. The van der Waals surface area contributed by atoms with Gasteiger partial charge in [0, 0.05) is 7.11 Å². The van der Waals surface area contributed by atoms with Crippen LogP contribution in [0.4, 0.5) is 0 Å². The molecule has 11 atom stereocenters. The standard InChI is InChI=1S/C14H26O11/c1-4(12-9(19)8(18)10(20)13(22-2)25-12)23-14-11(21)7(17)6(16)5(3-15)24-14/h4-21H,3H2,1-2H3/t4-,5+,6+,7-,8+,9+,10-,11+,12-,13+,14-/m0/s1. The van der Waals surface area contributed by atoms with Gasteiger partial charge in [-0.2, -0.15) is 0 Å². The topological polar surface area (TPSA) is 179 Å². The zero-order chi connectivity index (χ0) is 18.9. The molecule has 0 radical (unpaired) electrons. The van der Waals surface area contributed by atoms with E-state index in [2.05, 4.69) is 0 Å². The maximum atomic E-state index is 10.1. The van der Waals surface area contributed by atoms with Crippen LogP contribution in [0.5, 0.6) is 0 Å². The van der Waals surface area contributed by atoms with Crippen LogP contribution in [0.1, 0.15) is 6.92 Å². The van der Waals surface area contributed by atoms with Gasteiger partial charge in [0.15, 0.2) is 12.6 Å². The molecule has 0 amide bonds. The van der Waals surface area contributed by atoms with Gasteiger partial charge in [-0.25, -0.2) is 0 Å². The number of aliphatic hydroxyl groups excluding tert-OH is 7. The third kappa shape index (κ3) is 4.12. The van der Waals surface area contributed by atoms with Gasteiger partial charge in [0.25, 0.3) is 0 Å². The van der Waals surface area contributed by atoms with Crippen LogP contribution < -0.4 is 0 Å². The molecule has 0 aliphatic carbocycles. The van der Waals surface area contributed by atoms with Crippen LogP contribution in [0.25, 0.3) is 0 Å². The summed E-state index contributed by atoms with van der Waals surface area (Å²) in [7, 11) is 1.25. The second-order valence-corrected chi connectivity index (χ2v) is 6.22. The Morgan fingerprint density at radius 1 is 0.800 bits per heavy atom. The molecule has 0 aromatic heterocycles. The summed E-state index contributed by atoms with van der Waals surface area (Å²) in [6.07, 6.45) is -15.2. The molecule has 0 spiro atoms. The smallest absolute Gasteiger partial charge is 0.187 e. The van der Waals surface area contributed by atoms with Crippen LogP contribution in [0.3, 0.4) is 0 Å². The number of hydrogen-bond donors (Lipinski definition) is 7. The van der Waals surface area contributed by atoms with Crippen molar-refractivity contribution in [2.75, 3.05) is 13.7 Å². The molecule has 7 N–H and O–H groups in total. The van der Waals surface area contributed by atoms with E-state index in [-0.39, 0.29) is 0 Å². The lowest BCUT2D eigenvalue weighted by Gasteiger charge is -2.44. The molecule has 2 aliphatic heterocycles. The first-order valence-corrected chi connectivity index (χ1v) is 7.91. The summed E-state index contributed by atoms with van der Waals surface area (Å²) in [5, 5.41) is 68.3. The largest absolute Gasteiger partial charge is 0.394 e. The molecule has 25 heavy (non-hydrogen) atoms. The third-order valence-corrected chi connectivity index (χ3v) is 4.50. The Kier molecular flexibility index (Phi) is 7.09. The Balaban J connectivity index is 2.06. The quantitative estimate of drug-likeness (QED) is 0.249. The molecule has 148 valence electrons. The van der Waals surface area contributed by atoms with E-state index in [1.807, 2.05) is 0 Å². The SMILES string of the molecule is CO[C@@H]1O[C@@H]([C@H](C)O[C@H]2O[C@H](CO)[C@@H](O)[C@H](O)[C@H]2O)[C@H](O)[C@@H](O)[C@@H]1O. The first-order valence-electron chi connectivity index (χ1n) is 7.91. The summed E-state index contributed by atoms with van der Waals surface area (Å²) in [6, 6.07) is 0. The van der Waals surface area contributed by atoms with Crippen molar-refractivity contribution >= 4 is 0 Å². The molecule has 2 rings (SSSR count). The van der Waals surface area contributed by atoms with Crippen LogP contribution in [0.15, 0.2) is 0 Å². The van der Waals surface area contributed by atoms with E-state index in [1.165, 1.54) is 14.0 Å². The van der Waals surface area contributed by atoms with Crippen LogP contribution in [0.2, 0.25) is 0 Å². The van der Waals surface area contributed by atoms with Crippen LogP contribution >= 0.6 is 0 Å². The van der Waals surface area contributed by atoms with E-state index in [4.69, 9.17) is 24.1 Å². The van der Waals surface area contributed by atoms with Crippen LogP contribution in [0, 0.1) is 0 Å². The van der Waals surface area contributed by atoms with Crippen molar-refractivity contribution in [1.29, 1.82) is 0 Å². The number of rotatable bonds is 5. The highest BCUT2D eigenvalue weighted by Crippen LogP contribution is 2.28. The minimum absolute atomic E-state index is 0.613. The number of methoxy groups -OCH3 is 1. The summed E-state index contributed by atoms with van der Waals surface area (Å²) in [6.45, 7) is 0.838. The molecule has 2 heterocycles. The number of hydrogen-bond acceptors (Lipinski definition) is 11. The molecule has 0 unspecified atom stereocenters. The molecular weight excluding hydrogens is 344 g/mol. The molecule has 2 aliphatic rings. The van der Waals surface area contributed by atoms with Crippen molar-refractivity contribution in [3.63, 3.8) is 0 Å². The molecule has 11 nitrogen and oxygen atoms in total. The molecular formula is C14H26O11. The van der Waals surface area contributed by atoms with Crippen molar-refractivity contribution in [3.05, 3.63) is 0 Å². The zero-order valence-electron chi connectivity index (χ0n) is 13.8. The van der Waals surface area contributed by atoms with Gasteiger partial charge in [0.1, 0.15) is 48.8 Å². The van der Waals surface area contributed by atoms with Gasteiger partial charge in [0.2, 0.25) is 0 Å². The van der Waals surface area contributed by atoms with Gasteiger partial charge in [-0.15, -0.1) is 0 Å². The van der Waals surface area contributed by atoms with E-state index >= 15 is 0 Å². The van der Waals surface area contributed by atoms with Gasteiger partial charge in [-0.1, -0.05) is 0 Å². The molecule has 2 fully saturated rings. The van der Waals surface area contributed by atoms with E-state index in [9.17, 15) is 30.6 Å². The highest BCUT2D eigenvalue weighted by molar-refractivity contribution is 4.93. The van der Waals surface area contributed by atoms with Gasteiger partial charge in [-0.05, 0) is 6.92 Å². The lowest BCUT2D eigenvalue weighted by atomic mass is 9.95. The summed E-state index contributed by atoms with van der Waals surface area (Å²) in [5.74, 6) is 0. The second kappa shape index (κ2) is 8.50. The Hall–Kier alpha value is -0.440. The van der Waals surface area contributed by atoms with Gasteiger partial charge >= 0.3 is 0 Å². The van der Waals surface area contributed by atoms with Gasteiger partial charge in [0.05, 0.1) is 12.7 Å². The minimum atomic E-state index is -1.62. The monoisotopic (exact) mass is 370 g/mol. The molecule has 2 saturated heterocycles. The van der Waals surface area contributed by atoms with Gasteiger partial charge < -0.3 is 54.7 Å². The van der Waals surface area contributed by atoms with Crippen molar-refractivity contribution in [3.8, 4) is 0 Å². The summed E-state index contributed by atoms with van der Waals surface area (Å²) in [4.78, 5) is 0. The maximum absolute atomic E-state index is 10.1. The minimum Gasteiger partial charge on any atom is -0.394 e. The normalized spacial score (nSPS) is 49.8. The predicted molar refractivity (Wildman–Crippen MR) is 78.0 cm³/mol. The average molecular weight is 370 g/mol. The Labute approximate surface area is 143 Å². The van der Waals surface area contributed by atoms with Crippen molar-refractivity contribution in [2.45, 2.75) is 74.4 Å². The molecule has 0 aromatic rings. The van der Waals surface area contributed by atoms with Gasteiger partial charge in [-0.3, -0.25) is 0 Å². The highest BCUT2D eigenvalue weighted by Gasteiger charge is 2.49. The fraction of sp³-hybridized carbons (Fsp3) is 1.00. The number of ether oxygens (including phenoxy) is 4. The Morgan fingerprint density at radius 2 is 1.36 bits per heavy atom. The molecule has 0 aromatic carbocycles. The first kappa shape index (κ1) is 20.9. The lowest BCUT2D eigenvalue weighted by Crippen LogP contribution is -2.63. The van der Waals surface area contributed by atoms with Crippen LogP contribution in [-0.2, 0) is 18.9 Å². The maximum Gasteiger partial charge on any atom is 0.187 e. The van der Waals surface area contributed by atoms with Crippen molar-refractivity contribution in [2.24, 2.45) is 0 Å². The number of aliphatic hydroxyl groups is 7. The lowest BCUT2D eigenvalue weighted by molar-refractivity contribution is -0.343. The van der Waals surface area contributed by atoms with E-state index < -0.39 is 74.1 Å². The van der Waals surface area contributed by atoms with E-state index in [0.29, 0.717) is 0 Å². The van der Waals surface area contributed by atoms with Crippen molar-refractivity contribution < 1.29 is 54.7 Å². The predicted octanol–water partition coefficient (Wildman–Crippen LogP) is -4.35. The second-order valence-electron chi connectivity index (χ2n) is 6.22. The van der Waals surface area contributed by atoms with Crippen LogP contribution in [-0.4, -0.2) is 117 Å².